The third-order valence-electron chi connectivity index (χ3n) is 5.26. The summed E-state index contributed by atoms with van der Waals surface area (Å²) in [6.45, 7) is 2.20. The van der Waals surface area contributed by atoms with Crippen molar-refractivity contribution in [2.24, 2.45) is 0 Å². The molecule has 174 valence electrons. The third kappa shape index (κ3) is 5.01. The first-order valence-corrected chi connectivity index (χ1v) is 10.8. The number of esters is 1. The van der Waals surface area contributed by atoms with Crippen LogP contribution in [0.15, 0.2) is 66.4 Å². The van der Waals surface area contributed by atoms with Crippen LogP contribution in [0, 0.1) is 0 Å². The number of hydrogen-bond acceptors (Lipinski definition) is 6. The zero-order valence-corrected chi connectivity index (χ0v) is 18.9. The van der Waals surface area contributed by atoms with E-state index >= 15 is 0 Å². The van der Waals surface area contributed by atoms with Crippen LogP contribution in [0.4, 0.5) is 4.79 Å². The van der Waals surface area contributed by atoms with Crippen molar-refractivity contribution in [3.63, 3.8) is 0 Å². The van der Waals surface area contributed by atoms with Crippen molar-refractivity contribution in [2.45, 2.75) is 13.5 Å². The maximum absolute atomic E-state index is 12.5. The number of methoxy groups -OCH3 is 1. The van der Waals surface area contributed by atoms with E-state index in [1.54, 1.807) is 18.2 Å². The summed E-state index contributed by atoms with van der Waals surface area (Å²) in [5.41, 5.74) is 1.71. The predicted molar refractivity (Wildman–Crippen MR) is 126 cm³/mol. The molecule has 3 aromatic carbocycles. The number of carbonyl (C=O) groups is 3. The summed E-state index contributed by atoms with van der Waals surface area (Å²) < 4.78 is 16.3. The molecule has 0 aromatic heterocycles. The molecule has 0 unspecified atom stereocenters. The van der Waals surface area contributed by atoms with E-state index in [1.165, 1.54) is 13.2 Å². The first-order valence-electron chi connectivity index (χ1n) is 10.8. The summed E-state index contributed by atoms with van der Waals surface area (Å²) in [6, 6.07) is 18.9. The molecule has 1 saturated heterocycles. The molecule has 8 heteroatoms. The van der Waals surface area contributed by atoms with Gasteiger partial charge in [-0.05, 0) is 53.1 Å². The second-order valence-corrected chi connectivity index (χ2v) is 7.56. The molecule has 1 aliphatic heterocycles. The molecular formula is C26H24N2O6. The lowest BCUT2D eigenvalue weighted by Crippen LogP contribution is -2.36. The van der Waals surface area contributed by atoms with E-state index in [4.69, 9.17) is 9.47 Å². The Kier molecular flexibility index (Phi) is 6.77. The zero-order chi connectivity index (χ0) is 24.1. The van der Waals surface area contributed by atoms with Gasteiger partial charge in [-0.15, -0.1) is 0 Å². The fraction of sp³-hybridized carbons (Fsp3) is 0.192. The lowest BCUT2D eigenvalue weighted by molar-refractivity contribution is -0.143. The zero-order valence-electron chi connectivity index (χ0n) is 18.9. The second-order valence-electron chi connectivity index (χ2n) is 7.56. The van der Waals surface area contributed by atoms with Crippen molar-refractivity contribution in [2.75, 3.05) is 20.3 Å². The van der Waals surface area contributed by atoms with Crippen LogP contribution in [0.1, 0.15) is 18.1 Å². The van der Waals surface area contributed by atoms with Gasteiger partial charge in [0.1, 0.15) is 18.8 Å². The van der Waals surface area contributed by atoms with Gasteiger partial charge >= 0.3 is 12.0 Å². The topological polar surface area (TPSA) is 94.2 Å². The quantitative estimate of drug-likeness (QED) is 0.311. The Morgan fingerprint density at radius 3 is 2.53 bits per heavy atom. The highest BCUT2D eigenvalue weighted by Crippen LogP contribution is 2.31. The summed E-state index contributed by atoms with van der Waals surface area (Å²) in [4.78, 5) is 36.8. The van der Waals surface area contributed by atoms with Gasteiger partial charge in [0.25, 0.3) is 5.91 Å². The predicted octanol–water partition coefficient (Wildman–Crippen LogP) is 3.88. The highest BCUT2D eigenvalue weighted by atomic mass is 16.5. The van der Waals surface area contributed by atoms with Crippen LogP contribution in [0.5, 0.6) is 11.5 Å². The molecule has 0 aliphatic carbocycles. The van der Waals surface area contributed by atoms with Crippen molar-refractivity contribution < 1.29 is 28.6 Å². The van der Waals surface area contributed by atoms with Gasteiger partial charge in [-0.3, -0.25) is 9.59 Å². The van der Waals surface area contributed by atoms with Crippen LogP contribution in [-0.4, -0.2) is 43.1 Å². The molecule has 1 fully saturated rings. The Morgan fingerprint density at radius 1 is 0.971 bits per heavy atom. The minimum Gasteiger partial charge on any atom is -0.490 e. The minimum absolute atomic E-state index is 0.0567. The second kappa shape index (κ2) is 10.1. The molecule has 1 heterocycles. The van der Waals surface area contributed by atoms with E-state index in [-0.39, 0.29) is 5.70 Å². The molecule has 3 amide bonds. The summed E-state index contributed by atoms with van der Waals surface area (Å²) in [5, 5.41) is 4.78. The SMILES string of the molecule is CCOc1cc(/C=C2/NC(=O)N(CC(=O)OC)C2=O)ccc1OCc1ccc2ccccc2c1. The first-order chi connectivity index (χ1) is 16.5. The number of ether oxygens (including phenoxy) is 3. The summed E-state index contributed by atoms with van der Waals surface area (Å²) >= 11 is 0. The molecule has 0 radical (unpaired) electrons. The van der Waals surface area contributed by atoms with Gasteiger partial charge < -0.3 is 19.5 Å². The van der Waals surface area contributed by atoms with E-state index in [2.05, 4.69) is 34.3 Å². The van der Waals surface area contributed by atoms with Crippen LogP contribution in [0.25, 0.3) is 16.8 Å². The molecule has 1 N–H and O–H groups in total. The van der Waals surface area contributed by atoms with Gasteiger partial charge in [-0.2, -0.15) is 0 Å². The number of carbonyl (C=O) groups excluding carboxylic acids is 3. The Balaban J connectivity index is 1.51. The first kappa shape index (κ1) is 22.8. The molecule has 4 rings (SSSR count). The average Bonchev–Trinajstić information content (AvgIpc) is 3.10. The number of rotatable bonds is 8. The van der Waals surface area contributed by atoms with Crippen molar-refractivity contribution in [1.29, 1.82) is 0 Å². The smallest absolute Gasteiger partial charge is 0.329 e. The Labute approximate surface area is 196 Å². The molecule has 34 heavy (non-hydrogen) atoms. The van der Waals surface area contributed by atoms with Crippen molar-refractivity contribution >= 4 is 34.8 Å². The fourth-order valence-corrected chi connectivity index (χ4v) is 3.57. The number of imide groups is 1. The Hall–Kier alpha value is -4.33. The molecule has 0 bridgehead atoms. The fourth-order valence-electron chi connectivity index (χ4n) is 3.57. The molecular weight excluding hydrogens is 436 g/mol. The van der Waals surface area contributed by atoms with Gasteiger partial charge in [0.15, 0.2) is 11.5 Å². The van der Waals surface area contributed by atoms with Gasteiger partial charge in [0, 0.05) is 0 Å². The number of benzene rings is 3. The lowest BCUT2D eigenvalue weighted by atomic mass is 10.1. The summed E-state index contributed by atoms with van der Waals surface area (Å²) in [6.07, 6.45) is 1.52. The molecule has 1 aliphatic rings. The van der Waals surface area contributed by atoms with Crippen molar-refractivity contribution in [3.05, 3.63) is 77.5 Å². The molecule has 0 spiro atoms. The highest BCUT2D eigenvalue weighted by molar-refractivity contribution is 6.15. The number of urea groups is 1. The number of nitrogens with one attached hydrogen (secondary N) is 1. The number of hydrogen-bond donors (Lipinski definition) is 1. The molecule has 0 saturated carbocycles. The number of fused-ring (bicyclic) bond motifs is 1. The Bertz CT molecular complexity index is 1280. The maximum Gasteiger partial charge on any atom is 0.329 e. The average molecular weight is 460 g/mol. The van der Waals surface area contributed by atoms with Gasteiger partial charge in [0.05, 0.1) is 13.7 Å². The van der Waals surface area contributed by atoms with Gasteiger partial charge in [-0.1, -0.05) is 42.5 Å². The number of nitrogens with zero attached hydrogens (tertiary/aromatic N) is 1. The van der Waals surface area contributed by atoms with Crippen LogP contribution in [0.3, 0.4) is 0 Å². The Morgan fingerprint density at radius 2 is 1.76 bits per heavy atom. The van der Waals surface area contributed by atoms with E-state index in [1.807, 2.05) is 25.1 Å². The monoisotopic (exact) mass is 460 g/mol. The van der Waals surface area contributed by atoms with Crippen molar-refractivity contribution in [1.82, 2.24) is 10.2 Å². The van der Waals surface area contributed by atoms with E-state index < -0.39 is 24.5 Å². The molecule has 0 atom stereocenters. The number of amides is 3. The standard InChI is InChI=1S/C26H24N2O6/c1-3-33-23-14-17(13-21-25(30)28(26(31)27-21)15-24(29)32-2)9-11-22(23)34-16-18-8-10-19-6-4-5-7-20(19)12-18/h4-14H,3,15-16H2,1-2H3,(H,27,31)/b21-13+. The van der Waals surface area contributed by atoms with Crippen LogP contribution in [-0.2, 0) is 20.9 Å². The van der Waals surface area contributed by atoms with E-state index in [0.717, 1.165) is 21.2 Å². The highest BCUT2D eigenvalue weighted by Gasteiger charge is 2.35. The summed E-state index contributed by atoms with van der Waals surface area (Å²) in [7, 11) is 1.19. The lowest BCUT2D eigenvalue weighted by Gasteiger charge is -2.13. The van der Waals surface area contributed by atoms with E-state index in [0.29, 0.717) is 30.3 Å². The van der Waals surface area contributed by atoms with E-state index in [9.17, 15) is 14.4 Å². The van der Waals surface area contributed by atoms with Crippen LogP contribution in [0.2, 0.25) is 0 Å². The maximum atomic E-state index is 12.5. The third-order valence-corrected chi connectivity index (χ3v) is 5.26. The normalized spacial score (nSPS) is 14.4. The minimum atomic E-state index is -0.684. The largest absolute Gasteiger partial charge is 0.490 e. The van der Waals surface area contributed by atoms with Crippen LogP contribution >= 0.6 is 0 Å². The van der Waals surface area contributed by atoms with Crippen molar-refractivity contribution in [3.8, 4) is 11.5 Å². The molecule has 3 aromatic rings. The van der Waals surface area contributed by atoms with Crippen LogP contribution < -0.4 is 14.8 Å². The molecule has 8 nitrogen and oxygen atoms in total. The summed E-state index contributed by atoms with van der Waals surface area (Å²) in [5.74, 6) is -0.214. The van der Waals surface area contributed by atoms with Gasteiger partial charge in [-0.25, -0.2) is 9.69 Å². The van der Waals surface area contributed by atoms with Gasteiger partial charge in [0.2, 0.25) is 0 Å².